The molecule has 0 unspecified atom stereocenters. The Morgan fingerprint density at radius 3 is 2.45 bits per heavy atom. The molecule has 0 aliphatic heterocycles. The first-order chi connectivity index (χ1) is 15.8. The number of nitrogens with zero attached hydrogens (tertiary/aromatic N) is 3. The Morgan fingerprint density at radius 2 is 1.79 bits per heavy atom. The van der Waals surface area contributed by atoms with Crippen molar-refractivity contribution in [3.63, 3.8) is 0 Å². The van der Waals surface area contributed by atoms with Crippen LogP contribution in [0.15, 0.2) is 53.7 Å². The smallest absolute Gasteiger partial charge is 0.251 e. The number of halogens is 2. The standard InChI is InChI=1S/C23H25Cl2N5O2S/c1-14(2)20(27-22(32)16-9-10-17(24)18(25)11-16)21-28-29-23(30(21)3)33-13-19(31)26-12-15-7-5-4-6-8-15/h4-11,14,20H,12-13H2,1-3H3,(H,26,31)(H,27,32)/t20-/m0/s1. The van der Waals surface area contributed by atoms with Gasteiger partial charge in [-0.05, 0) is 29.7 Å². The molecule has 2 amide bonds. The highest BCUT2D eigenvalue weighted by Gasteiger charge is 2.25. The third-order valence-corrected chi connectivity index (χ3v) is 6.71. The highest BCUT2D eigenvalue weighted by Crippen LogP contribution is 2.26. The van der Waals surface area contributed by atoms with Gasteiger partial charge in [0.25, 0.3) is 5.91 Å². The molecule has 0 aliphatic rings. The lowest BCUT2D eigenvalue weighted by molar-refractivity contribution is -0.118. The van der Waals surface area contributed by atoms with E-state index in [0.717, 1.165) is 5.56 Å². The minimum Gasteiger partial charge on any atom is -0.351 e. The molecular formula is C23H25Cl2N5O2S. The minimum atomic E-state index is -0.384. The zero-order valence-corrected chi connectivity index (χ0v) is 20.8. The molecular weight excluding hydrogens is 481 g/mol. The van der Waals surface area contributed by atoms with E-state index in [0.29, 0.717) is 33.1 Å². The molecule has 1 aromatic heterocycles. The first-order valence-corrected chi connectivity index (χ1v) is 12.1. The van der Waals surface area contributed by atoms with Crippen LogP contribution in [-0.2, 0) is 18.4 Å². The van der Waals surface area contributed by atoms with Crippen LogP contribution in [0.4, 0.5) is 0 Å². The summed E-state index contributed by atoms with van der Waals surface area (Å²) in [6.07, 6.45) is 0. The molecule has 2 aromatic carbocycles. The molecule has 1 heterocycles. The topological polar surface area (TPSA) is 88.9 Å². The van der Waals surface area contributed by atoms with E-state index in [1.165, 1.54) is 17.8 Å². The van der Waals surface area contributed by atoms with Crippen molar-refractivity contribution in [3.05, 3.63) is 75.5 Å². The molecule has 0 bridgehead atoms. The fourth-order valence-corrected chi connectivity index (χ4v) is 4.14. The molecule has 0 radical (unpaired) electrons. The van der Waals surface area contributed by atoms with Crippen molar-refractivity contribution in [3.8, 4) is 0 Å². The van der Waals surface area contributed by atoms with E-state index in [9.17, 15) is 9.59 Å². The summed E-state index contributed by atoms with van der Waals surface area (Å²) in [7, 11) is 1.82. The molecule has 3 rings (SSSR count). The average Bonchev–Trinajstić information content (AvgIpc) is 3.16. The molecule has 0 saturated carbocycles. The van der Waals surface area contributed by atoms with Crippen molar-refractivity contribution in [2.24, 2.45) is 13.0 Å². The van der Waals surface area contributed by atoms with E-state index in [1.807, 2.05) is 51.2 Å². The van der Waals surface area contributed by atoms with Crippen LogP contribution in [-0.4, -0.2) is 32.3 Å². The van der Waals surface area contributed by atoms with Gasteiger partial charge in [0, 0.05) is 19.2 Å². The Labute approximate surface area is 207 Å². The Hall–Kier alpha value is -2.55. The summed E-state index contributed by atoms with van der Waals surface area (Å²) in [4.78, 5) is 25.0. The first-order valence-electron chi connectivity index (χ1n) is 10.3. The van der Waals surface area contributed by atoms with Gasteiger partial charge < -0.3 is 15.2 Å². The van der Waals surface area contributed by atoms with Crippen LogP contribution >= 0.6 is 35.0 Å². The zero-order valence-electron chi connectivity index (χ0n) is 18.5. The molecule has 33 heavy (non-hydrogen) atoms. The van der Waals surface area contributed by atoms with Gasteiger partial charge in [0.2, 0.25) is 5.91 Å². The second kappa shape index (κ2) is 11.5. The summed E-state index contributed by atoms with van der Waals surface area (Å²) in [5.74, 6) is 0.476. The average molecular weight is 506 g/mol. The summed E-state index contributed by atoms with van der Waals surface area (Å²) in [5.41, 5.74) is 1.44. The highest BCUT2D eigenvalue weighted by molar-refractivity contribution is 7.99. The van der Waals surface area contributed by atoms with Crippen LogP contribution in [0, 0.1) is 5.92 Å². The number of amides is 2. The number of hydrogen-bond donors (Lipinski definition) is 2. The van der Waals surface area contributed by atoms with Crippen LogP contribution < -0.4 is 10.6 Å². The van der Waals surface area contributed by atoms with Gasteiger partial charge in [0.05, 0.1) is 21.8 Å². The lowest BCUT2D eigenvalue weighted by Gasteiger charge is -2.22. The van der Waals surface area contributed by atoms with Gasteiger partial charge in [-0.3, -0.25) is 9.59 Å². The van der Waals surface area contributed by atoms with Crippen molar-refractivity contribution >= 4 is 46.8 Å². The quantitative estimate of drug-likeness (QED) is 0.413. The summed E-state index contributed by atoms with van der Waals surface area (Å²) >= 11 is 13.3. The van der Waals surface area contributed by atoms with Crippen LogP contribution in [0.3, 0.4) is 0 Å². The Kier molecular flexibility index (Phi) is 8.77. The monoisotopic (exact) mass is 505 g/mol. The van der Waals surface area contributed by atoms with Crippen molar-refractivity contribution in [2.45, 2.75) is 31.6 Å². The van der Waals surface area contributed by atoms with Gasteiger partial charge >= 0.3 is 0 Å². The third-order valence-electron chi connectivity index (χ3n) is 4.95. The predicted molar refractivity (Wildman–Crippen MR) is 132 cm³/mol. The van der Waals surface area contributed by atoms with E-state index < -0.39 is 0 Å². The lowest BCUT2D eigenvalue weighted by atomic mass is 10.0. The molecule has 0 saturated heterocycles. The van der Waals surface area contributed by atoms with E-state index in [2.05, 4.69) is 20.8 Å². The molecule has 2 N–H and O–H groups in total. The van der Waals surface area contributed by atoms with Crippen molar-refractivity contribution in [2.75, 3.05) is 5.75 Å². The normalized spacial score (nSPS) is 11.9. The van der Waals surface area contributed by atoms with Crippen molar-refractivity contribution in [1.29, 1.82) is 0 Å². The fraction of sp³-hybridized carbons (Fsp3) is 0.304. The molecule has 1 atom stereocenters. The Balaban J connectivity index is 1.63. The summed E-state index contributed by atoms with van der Waals surface area (Å²) in [5, 5.41) is 15.7. The predicted octanol–water partition coefficient (Wildman–Crippen LogP) is 4.66. The number of nitrogens with one attached hydrogen (secondary N) is 2. The van der Waals surface area contributed by atoms with Crippen molar-refractivity contribution in [1.82, 2.24) is 25.4 Å². The first kappa shape index (κ1) is 25.1. The number of hydrogen-bond acceptors (Lipinski definition) is 5. The van der Waals surface area contributed by atoms with Gasteiger partial charge in [-0.1, -0.05) is 79.1 Å². The summed E-state index contributed by atoms with van der Waals surface area (Å²) in [6.45, 7) is 4.44. The summed E-state index contributed by atoms with van der Waals surface area (Å²) in [6, 6.07) is 14.1. The number of rotatable bonds is 9. The van der Waals surface area contributed by atoms with Crippen LogP contribution in [0.5, 0.6) is 0 Å². The largest absolute Gasteiger partial charge is 0.351 e. The van der Waals surface area contributed by atoms with E-state index in [1.54, 1.807) is 16.7 Å². The van der Waals surface area contributed by atoms with Crippen molar-refractivity contribution < 1.29 is 9.59 Å². The van der Waals surface area contributed by atoms with E-state index >= 15 is 0 Å². The zero-order chi connectivity index (χ0) is 24.0. The Morgan fingerprint density at radius 1 is 1.06 bits per heavy atom. The van der Waals surface area contributed by atoms with Crippen LogP contribution in [0.1, 0.15) is 41.6 Å². The fourth-order valence-electron chi connectivity index (χ4n) is 3.09. The maximum absolute atomic E-state index is 12.8. The number of benzene rings is 2. The van der Waals surface area contributed by atoms with Crippen LogP contribution in [0.2, 0.25) is 10.0 Å². The molecule has 0 spiro atoms. The van der Waals surface area contributed by atoms with E-state index in [-0.39, 0.29) is 29.5 Å². The molecule has 174 valence electrons. The van der Waals surface area contributed by atoms with E-state index in [4.69, 9.17) is 23.2 Å². The van der Waals surface area contributed by atoms with Gasteiger partial charge in [0.1, 0.15) is 0 Å². The minimum absolute atomic E-state index is 0.0478. The molecule has 3 aromatic rings. The number of carbonyl (C=O) groups excluding carboxylic acids is 2. The van der Waals surface area contributed by atoms with Gasteiger partial charge in [-0.2, -0.15) is 0 Å². The third kappa shape index (κ3) is 6.72. The number of aromatic nitrogens is 3. The van der Waals surface area contributed by atoms with Crippen LogP contribution in [0.25, 0.3) is 0 Å². The van der Waals surface area contributed by atoms with Gasteiger partial charge in [0.15, 0.2) is 11.0 Å². The molecule has 0 fully saturated rings. The maximum Gasteiger partial charge on any atom is 0.251 e. The summed E-state index contributed by atoms with van der Waals surface area (Å²) < 4.78 is 1.80. The lowest BCUT2D eigenvalue weighted by Crippen LogP contribution is -2.33. The molecule has 10 heteroatoms. The highest BCUT2D eigenvalue weighted by atomic mass is 35.5. The van der Waals surface area contributed by atoms with Gasteiger partial charge in [-0.25, -0.2) is 0 Å². The Bertz CT molecular complexity index is 1120. The SMILES string of the molecule is CC(C)[C@H](NC(=O)c1ccc(Cl)c(Cl)c1)c1nnc(SCC(=O)NCc2ccccc2)n1C. The second-order valence-corrected chi connectivity index (χ2v) is 9.53. The second-order valence-electron chi connectivity index (χ2n) is 7.77. The number of thioether (sulfide) groups is 1. The number of carbonyl (C=O) groups is 2. The molecule has 0 aliphatic carbocycles. The maximum atomic E-state index is 12.8. The van der Waals surface area contributed by atoms with Gasteiger partial charge in [-0.15, -0.1) is 10.2 Å². The molecule has 7 nitrogen and oxygen atoms in total.